The van der Waals surface area contributed by atoms with Crippen molar-refractivity contribution in [3.63, 3.8) is 0 Å². The fraction of sp³-hybridized carbons (Fsp3) is 0.333. The van der Waals surface area contributed by atoms with E-state index in [4.69, 9.17) is 16.9 Å². The number of rotatable bonds is 4. The van der Waals surface area contributed by atoms with Crippen LogP contribution in [0.5, 0.6) is 0 Å². The summed E-state index contributed by atoms with van der Waals surface area (Å²) in [5.74, 6) is 1.16. The Balaban J connectivity index is 1.36. The number of aromatic nitrogens is 3. The van der Waals surface area contributed by atoms with E-state index in [1.807, 2.05) is 34.7 Å². The zero-order valence-electron chi connectivity index (χ0n) is 17.8. The molecule has 3 aromatic rings. The van der Waals surface area contributed by atoms with Crippen molar-refractivity contribution in [3.05, 3.63) is 70.1 Å². The Labute approximate surface area is 191 Å². The third kappa shape index (κ3) is 3.82. The first kappa shape index (κ1) is 20.5. The van der Waals surface area contributed by atoms with Gasteiger partial charge in [-0.3, -0.25) is 4.79 Å². The van der Waals surface area contributed by atoms with Gasteiger partial charge in [0, 0.05) is 43.3 Å². The first-order valence-electron chi connectivity index (χ1n) is 10.8. The summed E-state index contributed by atoms with van der Waals surface area (Å²) in [6.07, 6.45) is 5.49. The van der Waals surface area contributed by atoms with Crippen LogP contribution in [-0.4, -0.2) is 51.8 Å². The lowest BCUT2D eigenvalue weighted by molar-refractivity contribution is 0.0745. The molecule has 1 aliphatic heterocycles. The Bertz CT molecular complexity index is 1220. The maximum atomic E-state index is 13.4. The van der Waals surface area contributed by atoms with Crippen LogP contribution in [0.25, 0.3) is 5.69 Å². The molecule has 0 N–H and O–H groups in total. The molecule has 32 heavy (non-hydrogen) atoms. The number of amides is 1. The number of hydrogen-bond acceptors (Lipinski definition) is 5. The SMILES string of the molecule is Cc1ccc(-n2ncc(C(=O)N3CCN(c4cc(C#N)ccn4)CC3)c2C2CC2)cc1Cl. The van der Waals surface area contributed by atoms with Gasteiger partial charge in [0.2, 0.25) is 0 Å². The summed E-state index contributed by atoms with van der Waals surface area (Å²) in [5, 5.41) is 14.4. The van der Waals surface area contributed by atoms with Crippen molar-refractivity contribution in [1.29, 1.82) is 5.26 Å². The molecule has 0 spiro atoms. The number of piperazine rings is 1. The van der Waals surface area contributed by atoms with Crippen molar-refractivity contribution in [2.24, 2.45) is 0 Å². The molecule has 8 heteroatoms. The van der Waals surface area contributed by atoms with Crippen LogP contribution in [0.2, 0.25) is 5.02 Å². The molecule has 3 heterocycles. The van der Waals surface area contributed by atoms with E-state index in [9.17, 15) is 4.79 Å². The molecule has 5 rings (SSSR count). The number of carbonyl (C=O) groups is 1. The minimum atomic E-state index is 0.0229. The minimum Gasteiger partial charge on any atom is -0.353 e. The summed E-state index contributed by atoms with van der Waals surface area (Å²) in [5.41, 5.74) is 4.16. The number of benzene rings is 1. The molecular formula is C24H23ClN6O. The molecule has 1 aliphatic carbocycles. The molecule has 2 aliphatic rings. The van der Waals surface area contributed by atoms with Gasteiger partial charge in [0.1, 0.15) is 5.82 Å². The number of nitrogens with zero attached hydrogens (tertiary/aromatic N) is 6. The fourth-order valence-electron chi connectivity index (χ4n) is 4.16. The Kier molecular flexibility index (Phi) is 5.32. The van der Waals surface area contributed by atoms with Crippen molar-refractivity contribution in [2.75, 3.05) is 31.1 Å². The predicted octanol–water partition coefficient (Wildman–Crippen LogP) is 3.94. The van der Waals surface area contributed by atoms with Crippen LogP contribution in [0.3, 0.4) is 0 Å². The van der Waals surface area contributed by atoms with E-state index in [0.717, 1.165) is 35.6 Å². The highest BCUT2D eigenvalue weighted by Gasteiger charge is 2.35. The molecule has 1 amide bonds. The molecule has 1 aromatic carbocycles. The van der Waals surface area contributed by atoms with Crippen molar-refractivity contribution in [1.82, 2.24) is 19.7 Å². The first-order chi connectivity index (χ1) is 15.5. The van der Waals surface area contributed by atoms with E-state index >= 15 is 0 Å². The van der Waals surface area contributed by atoms with Gasteiger partial charge in [-0.25, -0.2) is 9.67 Å². The molecule has 2 aromatic heterocycles. The van der Waals surface area contributed by atoms with Crippen molar-refractivity contribution >= 4 is 23.3 Å². The summed E-state index contributed by atoms with van der Waals surface area (Å²) >= 11 is 6.34. The third-order valence-electron chi connectivity index (χ3n) is 6.17. The zero-order chi connectivity index (χ0) is 22.2. The standard InChI is InChI=1S/C24H23ClN6O/c1-16-2-5-19(13-21(16)25)31-23(18-3-4-18)20(15-28-31)24(32)30-10-8-29(9-11-30)22-12-17(14-26)6-7-27-22/h2,5-7,12-13,15,18H,3-4,8-11H2,1H3. The van der Waals surface area contributed by atoms with Crippen LogP contribution >= 0.6 is 11.6 Å². The molecule has 0 radical (unpaired) electrons. The Hall–Kier alpha value is -3.37. The summed E-state index contributed by atoms with van der Waals surface area (Å²) in [6, 6.07) is 11.5. The smallest absolute Gasteiger partial charge is 0.257 e. The molecule has 1 saturated carbocycles. The normalized spacial score (nSPS) is 16.2. The van der Waals surface area contributed by atoms with E-state index in [1.165, 1.54) is 0 Å². The lowest BCUT2D eigenvalue weighted by Crippen LogP contribution is -2.49. The van der Waals surface area contributed by atoms with E-state index < -0.39 is 0 Å². The van der Waals surface area contributed by atoms with Gasteiger partial charge in [-0.05, 0) is 49.6 Å². The van der Waals surface area contributed by atoms with Gasteiger partial charge in [-0.1, -0.05) is 17.7 Å². The van der Waals surface area contributed by atoms with Gasteiger partial charge >= 0.3 is 0 Å². The number of nitriles is 1. The molecule has 1 saturated heterocycles. The van der Waals surface area contributed by atoms with Gasteiger partial charge in [0.25, 0.3) is 5.91 Å². The van der Waals surface area contributed by atoms with Gasteiger partial charge in [0.05, 0.1) is 34.8 Å². The number of halogens is 1. The quantitative estimate of drug-likeness (QED) is 0.606. The summed E-state index contributed by atoms with van der Waals surface area (Å²) in [7, 11) is 0. The maximum Gasteiger partial charge on any atom is 0.257 e. The Morgan fingerprint density at radius 1 is 1.16 bits per heavy atom. The second-order valence-electron chi connectivity index (χ2n) is 8.36. The molecular weight excluding hydrogens is 424 g/mol. The lowest BCUT2D eigenvalue weighted by atomic mass is 10.1. The van der Waals surface area contributed by atoms with Crippen LogP contribution in [-0.2, 0) is 0 Å². The number of pyridine rings is 1. The average Bonchev–Trinajstić information content (AvgIpc) is 3.58. The molecule has 7 nitrogen and oxygen atoms in total. The van der Waals surface area contributed by atoms with Crippen molar-refractivity contribution in [3.8, 4) is 11.8 Å². The summed E-state index contributed by atoms with van der Waals surface area (Å²) < 4.78 is 1.88. The number of aryl methyl sites for hydroxylation is 1. The highest BCUT2D eigenvalue weighted by atomic mass is 35.5. The highest BCUT2D eigenvalue weighted by molar-refractivity contribution is 6.31. The van der Waals surface area contributed by atoms with Gasteiger partial charge in [-0.2, -0.15) is 10.4 Å². The number of carbonyl (C=O) groups excluding carboxylic acids is 1. The minimum absolute atomic E-state index is 0.0229. The first-order valence-corrected chi connectivity index (χ1v) is 11.2. The second-order valence-corrected chi connectivity index (χ2v) is 8.76. The van der Waals surface area contributed by atoms with Gasteiger partial charge in [-0.15, -0.1) is 0 Å². The van der Waals surface area contributed by atoms with E-state index in [1.54, 1.807) is 24.5 Å². The van der Waals surface area contributed by atoms with Gasteiger partial charge < -0.3 is 9.80 Å². The fourth-order valence-corrected chi connectivity index (χ4v) is 4.34. The third-order valence-corrected chi connectivity index (χ3v) is 6.57. The largest absolute Gasteiger partial charge is 0.353 e. The van der Waals surface area contributed by atoms with Gasteiger partial charge in [0.15, 0.2) is 0 Å². The second kappa shape index (κ2) is 8.29. The number of anilines is 1. The van der Waals surface area contributed by atoms with Crippen LogP contribution < -0.4 is 4.90 Å². The van der Waals surface area contributed by atoms with Crippen LogP contribution in [0.1, 0.15) is 45.9 Å². The predicted molar refractivity (Wildman–Crippen MR) is 122 cm³/mol. The lowest BCUT2D eigenvalue weighted by Gasteiger charge is -2.35. The maximum absolute atomic E-state index is 13.4. The monoisotopic (exact) mass is 446 g/mol. The zero-order valence-corrected chi connectivity index (χ0v) is 18.6. The Morgan fingerprint density at radius 2 is 1.94 bits per heavy atom. The van der Waals surface area contributed by atoms with E-state index in [-0.39, 0.29) is 5.91 Å². The topological polar surface area (TPSA) is 78.0 Å². The van der Waals surface area contributed by atoms with E-state index in [0.29, 0.717) is 48.2 Å². The Morgan fingerprint density at radius 3 is 2.62 bits per heavy atom. The molecule has 162 valence electrons. The summed E-state index contributed by atoms with van der Waals surface area (Å²) in [6.45, 7) is 4.52. The van der Waals surface area contributed by atoms with Crippen molar-refractivity contribution < 1.29 is 4.79 Å². The van der Waals surface area contributed by atoms with E-state index in [2.05, 4.69) is 21.1 Å². The van der Waals surface area contributed by atoms with Crippen LogP contribution in [0.15, 0.2) is 42.7 Å². The summed E-state index contributed by atoms with van der Waals surface area (Å²) in [4.78, 5) is 21.8. The van der Waals surface area contributed by atoms with Crippen molar-refractivity contribution in [2.45, 2.75) is 25.7 Å². The average molecular weight is 447 g/mol. The molecule has 2 fully saturated rings. The molecule has 0 unspecified atom stereocenters. The molecule has 0 atom stereocenters. The van der Waals surface area contributed by atoms with Crippen LogP contribution in [0.4, 0.5) is 5.82 Å². The van der Waals surface area contributed by atoms with Crippen LogP contribution in [0, 0.1) is 18.3 Å². The number of hydrogen-bond donors (Lipinski definition) is 0. The molecule has 0 bridgehead atoms. The highest BCUT2D eigenvalue weighted by Crippen LogP contribution is 2.43.